The maximum atomic E-state index is 12.1. The molecule has 0 aliphatic rings. The third kappa shape index (κ3) is 11.7. The van der Waals surface area contributed by atoms with Gasteiger partial charge in [-0.3, -0.25) is 4.79 Å². The van der Waals surface area contributed by atoms with Gasteiger partial charge in [0.2, 0.25) is 0 Å². The van der Waals surface area contributed by atoms with Crippen molar-refractivity contribution in [2.24, 2.45) is 10.5 Å². The van der Waals surface area contributed by atoms with Crippen LogP contribution in [0.5, 0.6) is 11.5 Å². The van der Waals surface area contributed by atoms with Crippen molar-refractivity contribution in [1.82, 2.24) is 5.43 Å². The SMILES string of the molecule is CCCCCCCCOc1ccc(/C=N/NC(=O)COc2ccc(C(C)(C)CC(C)(C)C)cc2)cc1. The van der Waals surface area contributed by atoms with Crippen LogP contribution < -0.4 is 14.9 Å². The van der Waals surface area contributed by atoms with Gasteiger partial charge in [0, 0.05) is 0 Å². The first-order valence-electron chi connectivity index (χ1n) is 13.4. The molecule has 0 fully saturated rings. The molecule has 0 aliphatic heterocycles. The smallest absolute Gasteiger partial charge is 0.277 e. The molecule has 2 aromatic rings. The minimum Gasteiger partial charge on any atom is -0.494 e. The van der Waals surface area contributed by atoms with E-state index in [1.54, 1.807) is 6.21 Å². The number of nitrogens with zero attached hydrogens (tertiary/aromatic N) is 1. The summed E-state index contributed by atoms with van der Waals surface area (Å²) in [6.07, 6.45) is 10.2. The largest absolute Gasteiger partial charge is 0.494 e. The fourth-order valence-corrected chi connectivity index (χ4v) is 4.51. The van der Waals surface area contributed by atoms with Crippen LogP contribution in [0.3, 0.4) is 0 Å². The molecular formula is C31H46N2O3. The predicted octanol–water partition coefficient (Wildman–Crippen LogP) is 7.67. The van der Waals surface area contributed by atoms with Crippen molar-refractivity contribution < 1.29 is 14.3 Å². The molecule has 2 rings (SSSR count). The van der Waals surface area contributed by atoms with Crippen molar-refractivity contribution in [3.05, 3.63) is 59.7 Å². The van der Waals surface area contributed by atoms with E-state index < -0.39 is 0 Å². The number of hydrogen-bond acceptors (Lipinski definition) is 4. The molecule has 36 heavy (non-hydrogen) atoms. The lowest BCUT2D eigenvalue weighted by molar-refractivity contribution is -0.123. The van der Waals surface area contributed by atoms with Gasteiger partial charge in [-0.15, -0.1) is 0 Å². The van der Waals surface area contributed by atoms with E-state index in [1.165, 1.54) is 37.7 Å². The van der Waals surface area contributed by atoms with Crippen molar-refractivity contribution in [3.8, 4) is 11.5 Å². The lowest BCUT2D eigenvalue weighted by atomic mass is 9.72. The highest BCUT2D eigenvalue weighted by molar-refractivity contribution is 5.83. The average molecular weight is 495 g/mol. The summed E-state index contributed by atoms with van der Waals surface area (Å²) in [6, 6.07) is 15.7. The molecule has 5 heteroatoms. The maximum absolute atomic E-state index is 12.1. The van der Waals surface area contributed by atoms with E-state index >= 15 is 0 Å². The van der Waals surface area contributed by atoms with Gasteiger partial charge in [-0.25, -0.2) is 5.43 Å². The van der Waals surface area contributed by atoms with Crippen molar-refractivity contribution in [3.63, 3.8) is 0 Å². The summed E-state index contributed by atoms with van der Waals surface area (Å²) in [5.74, 6) is 1.22. The van der Waals surface area contributed by atoms with Crippen LogP contribution >= 0.6 is 0 Å². The highest BCUT2D eigenvalue weighted by Crippen LogP contribution is 2.36. The van der Waals surface area contributed by atoms with Crippen LogP contribution in [0, 0.1) is 5.41 Å². The van der Waals surface area contributed by atoms with Gasteiger partial charge in [-0.05, 0) is 71.2 Å². The van der Waals surface area contributed by atoms with Crippen molar-refractivity contribution in [2.45, 2.75) is 91.9 Å². The van der Waals surface area contributed by atoms with Gasteiger partial charge >= 0.3 is 0 Å². The molecule has 0 spiro atoms. The van der Waals surface area contributed by atoms with E-state index in [1.807, 2.05) is 36.4 Å². The molecule has 0 bridgehead atoms. The van der Waals surface area contributed by atoms with E-state index in [9.17, 15) is 4.79 Å². The number of unbranched alkanes of at least 4 members (excludes halogenated alkanes) is 5. The minimum absolute atomic E-state index is 0.0705. The Morgan fingerprint density at radius 3 is 2.06 bits per heavy atom. The first-order chi connectivity index (χ1) is 17.1. The Hall–Kier alpha value is -2.82. The lowest BCUT2D eigenvalue weighted by Crippen LogP contribution is -2.25. The molecule has 0 aromatic heterocycles. The number of hydrogen-bond donors (Lipinski definition) is 1. The summed E-state index contributed by atoms with van der Waals surface area (Å²) in [5, 5.41) is 4.03. The molecule has 2 aromatic carbocycles. The highest BCUT2D eigenvalue weighted by Gasteiger charge is 2.27. The Kier molecular flexibility index (Phi) is 12.0. The van der Waals surface area contributed by atoms with Gasteiger partial charge in [0.1, 0.15) is 11.5 Å². The molecule has 0 radical (unpaired) electrons. The topological polar surface area (TPSA) is 59.9 Å². The van der Waals surface area contributed by atoms with E-state index in [4.69, 9.17) is 9.47 Å². The number of amides is 1. The summed E-state index contributed by atoms with van der Waals surface area (Å²) < 4.78 is 11.4. The van der Waals surface area contributed by atoms with Gasteiger partial charge in [0.05, 0.1) is 12.8 Å². The van der Waals surface area contributed by atoms with Gasteiger partial charge in [0.15, 0.2) is 6.61 Å². The molecule has 0 unspecified atom stereocenters. The summed E-state index contributed by atoms with van der Waals surface area (Å²) in [7, 11) is 0. The van der Waals surface area contributed by atoms with Crippen LogP contribution in [0.1, 0.15) is 97.6 Å². The third-order valence-corrected chi connectivity index (χ3v) is 6.03. The van der Waals surface area contributed by atoms with E-state index in [2.05, 4.69) is 64.2 Å². The number of carbonyl (C=O) groups is 1. The zero-order chi connectivity index (χ0) is 26.4. The molecule has 0 heterocycles. The van der Waals surface area contributed by atoms with Gasteiger partial charge in [-0.1, -0.05) is 85.8 Å². The maximum Gasteiger partial charge on any atom is 0.277 e. The predicted molar refractivity (Wildman–Crippen MR) is 150 cm³/mol. The van der Waals surface area contributed by atoms with Crippen molar-refractivity contribution >= 4 is 12.1 Å². The van der Waals surface area contributed by atoms with Gasteiger partial charge in [-0.2, -0.15) is 5.10 Å². The molecule has 0 saturated carbocycles. The van der Waals surface area contributed by atoms with E-state index in [0.29, 0.717) is 5.75 Å². The molecule has 0 aliphatic carbocycles. The molecule has 1 N–H and O–H groups in total. The average Bonchev–Trinajstić information content (AvgIpc) is 2.82. The molecule has 1 amide bonds. The van der Waals surface area contributed by atoms with Crippen LogP contribution in [0.2, 0.25) is 0 Å². The Bertz CT molecular complexity index is 926. The summed E-state index contributed by atoms with van der Waals surface area (Å²) in [5.41, 5.74) is 4.98. The first kappa shape index (κ1) is 29.4. The summed E-state index contributed by atoms with van der Waals surface area (Å²) in [4.78, 5) is 12.1. The van der Waals surface area contributed by atoms with Gasteiger partial charge < -0.3 is 9.47 Å². The van der Waals surface area contributed by atoms with Gasteiger partial charge in [0.25, 0.3) is 5.91 Å². The zero-order valence-corrected chi connectivity index (χ0v) is 23.2. The quantitative estimate of drug-likeness (QED) is 0.157. The number of ether oxygens (including phenoxy) is 2. The number of benzene rings is 2. The van der Waals surface area contributed by atoms with Crippen molar-refractivity contribution in [1.29, 1.82) is 0 Å². The molecule has 0 atom stereocenters. The Labute approximate surface area is 218 Å². The van der Waals surface area contributed by atoms with E-state index in [-0.39, 0.29) is 23.3 Å². The second-order valence-electron chi connectivity index (χ2n) is 11.4. The van der Waals surface area contributed by atoms with Crippen LogP contribution in [-0.2, 0) is 10.2 Å². The monoisotopic (exact) mass is 494 g/mol. The Morgan fingerprint density at radius 1 is 0.833 bits per heavy atom. The molecule has 5 nitrogen and oxygen atoms in total. The Morgan fingerprint density at radius 2 is 1.42 bits per heavy atom. The van der Waals surface area contributed by atoms with E-state index in [0.717, 1.165) is 30.8 Å². The van der Waals surface area contributed by atoms with Crippen LogP contribution in [-0.4, -0.2) is 25.3 Å². The normalized spacial score (nSPS) is 12.1. The fraction of sp³-hybridized carbons (Fsp3) is 0.548. The molecule has 198 valence electrons. The zero-order valence-electron chi connectivity index (χ0n) is 23.2. The first-order valence-corrected chi connectivity index (χ1v) is 13.4. The number of carbonyl (C=O) groups excluding carboxylic acids is 1. The summed E-state index contributed by atoms with van der Waals surface area (Å²) in [6.45, 7) is 14.2. The third-order valence-electron chi connectivity index (χ3n) is 6.03. The summed E-state index contributed by atoms with van der Waals surface area (Å²) >= 11 is 0. The highest BCUT2D eigenvalue weighted by atomic mass is 16.5. The second kappa shape index (κ2) is 14.7. The van der Waals surface area contributed by atoms with Crippen LogP contribution in [0.25, 0.3) is 0 Å². The Balaban J connectivity index is 1.69. The van der Waals surface area contributed by atoms with Crippen molar-refractivity contribution in [2.75, 3.05) is 13.2 Å². The number of rotatable bonds is 15. The number of hydrazone groups is 1. The molecule has 0 saturated heterocycles. The lowest BCUT2D eigenvalue weighted by Gasteiger charge is -2.33. The second-order valence-corrected chi connectivity index (χ2v) is 11.4. The fourth-order valence-electron chi connectivity index (χ4n) is 4.51. The number of nitrogens with one attached hydrogen (secondary N) is 1. The molecular weight excluding hydrogens is 448 g/mol. The standard InChI is InChI=1S/C31H46N2O3/c1-7-8-9-10-11-12-21-35-27-17-13-25(14-18-27)22-32-33-29(34)23-36-28-19-15-26(16-20-28)31(5,6)24-30(2,3)4/h13-20,22H,7-12,21,23-24H2,1-6H3,(H,33,34)/b32-22+. The minimum atomic E-state index is -0.303. The van der Waals surface area contributed by atoms with Crippen LogP contribution in [0.15, 0.2) is 53.6 Å². The van der Waals surface area contributed by atoms with Crippen LogP contribution in [0.4, 0.5) is 0 Å².